The van der Waals surface area contributed by atoms with Crippen LogP contribution >= 0.6 is 0 Å². The molecule has 14 heavy (non-hydrogen) atoms. The zero-order valence-corrected chi connectivity index (χ0v) is 8.79. The highest BCUT2D eigenvalue weighted by Crippen LogP contribution is 2.11. The van der Waals surface area contributed by atoms with Gasteiger partial charge in [0.1, 0.15) is 6.67 Å². The SMILES string of the molecule is CN(C)C=C1CN(CCF)CCC1=O. The van der Waals surface area contributed by atoms with Crippen LogP contribution in [0.1, 0.15) is 6.42 Å². The van der Waals surface area contributed by atoms with Crippen molar-refractivity contribution >= 4 is 5.78 Å². The molecule has 0 spiro atoms. The number of hydrogen-bond acceptors (Lipinski definition) is 3. The summed E-state index contributed by atoms with van der Waals surface area (Å²) in [7, 11) is 3.77. The number of rotatable bonds is 3. The Balaban J connectivity index is 2.59. The normalized spacial score (nSPS) is 21.6. The fourth-order valence-electron chi connectivity index (χ4n) is 1.56. The Kier molecular flexibility index (Phi) is 4.07. The molecule has 0 bridgehead atoms. The molecule has 0 radical (unpaired) electrons. The third-order valence-corrected chi connectivity index (χ3v) is 2.22. The molecule has 1 aliphatic rings. The average molecular weight is 200 g/mol. The Morgan fingerprint density at radius 1 is 1.57 bits per heavy atom. The van der Waals surface area contributed by atoms with E-state index < -0.39 is 0 Å². The maximum absolute atomic E-state index is 12.1. The zero-order chi connectivity index (χ0) is 10.6. The molecule has 0 unspecified atom stereocenters. The van der Waals surface area contributed by atoms with Gasteiger partial charge >= 0.3 is 0 Å². The summed E-state index contributed by atoms with van der Waals surface area (Å²) in [6.07, 6.45) is 2.34. The Labute approximate surface area is 84.2 Å². The second kappa shape index (κ2) is 5.10. The number of carbonyl (C=O) groups excluding carboxylic acids is 1. The highest BCUT2D eigenvalue weighted by atomic mass is 19.1. The number of nitrogens with zero attached hydrogens (tertiary/aromatic N) is 2. The van der Waals surface area contributed by atoms with Crippen molar-refractivity contribution in [3.63, 3.8) is 0 Å². The van der Waals surface area contributed by atoms with E-state index in [9.17, 15) is 9.18 Å². The Hall–Kier alpha value is -0.900. The maximum atomic E-state index is 12.1. The highest BCUT2D eigenvalue weighted by Gasteiger charge is 2.20. The minimum absolute atomic E-state index is 0.189. The standard InChI is InChI=1S/C10H17FN2O/c1-12(2)7-9-8-13(6-4-11)5-3-10(9)14/h7H,3-6,8H2,1-2H3. The van der Waals surface area contributed by atoms with Gasteiger partial charge in [0.25, 0.3) is 0 Å². The molecule has 0 atom stereocenters. The van der Waals surface area contributed by atoms with Crippen LogP contribution in [-0.2, 0) is 4.79 Å². The van der Waals surface area contributed by atoms with Gasteiger partial charge in [-0.3, -0.25) is 9.69 Å². The van der Waals surface area contributed by atoms with E-state index >= 15 is 0 Å². The molecule has 1 fully saturated rings. The van der Waals surface area contributed by atoms with E-state index in [1.54, 1.807) is 0 Å². The lowest BCUT2D eigenvalue weighted by molar-refractivity contribution is -0.117. The summed E-state index contributed by atoms with van der Waals surface area (Å²) in [5.41, 5.74) is 0.787. The van der Waals surface area contributed by atoms with E-state index in [0.717, 1.165) is 5.57 Å². The lowest BCUT2D eigenvalue weighted by Gasteiger charge is -2.27. The summed E-state index contributed by atoms with van der Waals surface area (Å²) < 4.78 is 12.1. The highest BCUT2D eigenvalue weighted by molar-refractivity contribution is 5.96. The second-order valence-corrected chi connectivity index (χ2v) is 3.76. The van der Waals surface area contributed by atoms with Gasteiger partial charge in [0.2, 0.25) is 0 Å². The molecular weight excluding hydrogens is 183 g/mol. The summed E-state index contributed by atoms with van der Waals surface area (Å²) in [4.78, 5) is 15.3. The van der Waals surface area contributed by atoms with Gasteiger partial charge in [-0.15, -0.1) is 0 Å². The fourth-order valence-corrected chi connectivity index (χ4v) is 1.56. The number of hydrogen-bond donors (Lipinski definition) is 0. The lowest BCUT2D eigenvalue weighted by Crippen LogP contribution is -2.37. The minimum Gasteiger partial charge on any atom is -0.383 e. The van der Waals surface area contributed by atoms with Crippen LogP contribution in [0.4, 0.5) is 4.39 Å². The number of Topliss-reactive ketones (excluding diaryl/α,β-unsaturated/α-hetero) is 1. The van der Waals surface area contributed by atoms with E-state index in [4.69, 9.17) is 0 Å². The molecule has 1 heterocycles. The molecule has 4 heteroatoms. The first-order valence-corrected chi connectivity index (χ1v) is 4.82. The quantitative estimate of drug-likeness (QED) is 0.626. The van der Waals surface area contributed by atoms with Crippen molar-refractivity contribution in [1.29, 1.82) is 0 Å². The van der Waals surface area contributed by atoms with Crippen molar-refractivity contribution in [3.8, 4) is 0 Å². The number of ketones is 1. The van der Waals surface area contributed by atoms with Crippen molar-refractivity contribution in [2.45, 2.75) is 6.42 Å². The van der Waals surface area contributed by atoms with Gasteiger partial charge < -0.3 is 4.90 Å². The summed E-state index contributed by atoms with van der Waals surface area (Å²) >= 11 is 0. The monoisotopic (exact) mass is 200 g/mol. The van der Waals surface area contributed by atoms with Gasteiger partial charge in [0.05, 0.1) is 0 Å². The number of likely N-dealkylation sites (tertiary alicyclic amines) is 1. The molecule has 3 nitrogen and oxygen atoms in total. The first-order valence-electron chi connectivity index (χ1n) is 4.82. The van der Waals surface area contributed by atoms with Crippen LogP contribution in [0.25, 0.3) is 0 Å². The molecular formula is C10H17FN2O. The number of halogens is 1. The average Bonchev–Trinajstić information content (AvgIpc) is 2.10. The third-order valence-electron chi connectivity index (χ3n) is 2.22. The van der Waals surface area contributed by atoms with E-state index in [1.807, 2.05) is 30.1 Å². The van der Waals surface area contributed by atoms with Crippen molar-refractivity contribution in [3.05, 3.63) is 11.8 Å². The Morgan fingerprint density at radius 3 is 2.86 bits per heavy atom. The fraction of sp³-hybridized carbons (Fsp3) is 0.700. The molecule has 0 N–H and O–H groups in total. The summed E-state index contributed by atoms with van der Waals surface area (Å²) in [6, 6.07) is 0. The number of alkyl halides is 1. The molecule has 1 rings (SSSR count). The molecule has 0 saturated carbocycles. The third kappa shape index (κ3) is 3.10. The second-order valence-electron chi connectivity index (χ2n) is 3.76. The number of piperidine rings is 1. The first-order chi connectivity index (χ1) is 6.63. The summed E-state index contributed by atoms with van der Waals surface area (Å²) in [5, 5.41) is 0. The zero-order valence-electron chi connectivity index (χ0n) is 8.79. The van der Waals surface area contributed by atoms with Gasteiger partial charge in [0.15, 0.2) is 5.78 Å². The van der Waals surface area contributed by atoms with E-state index in [-0.39, 0.29) is 12.5 Å². The van der Waals surface area contributed by atoms with Gasteiger partial charge in [-0.1, -0.05) is 0 Å². The summed E-state index contributed by atoms with van der Waals surface area (Å²) in [6.45, 7) is 1.36. The minimum atomic E-state index is -0.344. The van der Waals surface area contributed by atoms with E-state index in [1.165, 1.54) is 0 Å². The van der Waals surface area contributed by atoms with Crippen molar-refractivity contribution in [1.82, 2.24) is 9.80 Å². The first kappa shape index (κ1) is 11.2. The predicted molar refractivity (Wildman–Crippen MR) is 53.8 cm³/mol. The largest absolute Gasteiger partial charge is 0.383 e. The van der Waals surface area contributed by atoms with Crippen LogP contribution in [0.2, 0.25) is 0 Å². The topological polar surface area (TPSA) is 23.6 Å². The van der Waals surface area contributed by atoms with Crippen molar-refractivity contribution < 1.29 is 9.18 Å². The van der Waals surface area contributed by atoms with Crippen molar-refractivity contribution in [2.24, 2.45) is 0 Å². The van der Waals surface area contributed by atoms with Gasteiger partial charge in [-0.25, -0.2) is 4.39 Å². The van der Waals surface area contributed by atoms with Crippen LogP contribution in [0.15, 0.2) is 11.8 Å². The van der Waals surface area contributed by atoms with Crippen LogP contribution in [-0.4, -0.2) is 56.0 Å². The predicted octanol–water partition coefficient (Wildman–Crippen LogP) is 0.676. The summed E-state index contributed by atoms with van der Waals surface area (Å²) in [5.74, 6) is 0.189. The molecule has 0 aromatic heterocycles. The molecule has 0 aromatic rings. The lowest BCUT2D eigenvalue weighted by atomic mass is 10.0. The smallest absolute Gasteiger partial charge is 0.162 e. The van der Waals surface area contributed by atoms with Crippen LogP contribution < -0.4 is 0 Å². The Bertz CT molecular complexity index is 238. The number of carbonyl (C=O) groups is 1. The molecule has 0 amide bonds. The van der Waals surface area contributed by atoms with Gasteiger partial charge in [-0.05, 0) is 0 Å². The van der Waals surface area contributed by atoms with Gasteiger partial charge in [0, 0.05) is 51.9 Å². The van der Waals surface area contributed by atoms with Crippen LogP contribution in [0.5, 0.6) is 0 Å². The maximum Gasteiger partial charge on any atom is 0.162 e. The molecule has 1 aliphatic heterocycles. The molecule has 0 aliphatic carbocycles. The van der Waals surface area contributed by atoms with E-state index in [0.29, 0.717) is 26.1 Å². The van der Waals surface area contributed by atoms with E-state index in [2.05, 4.69) is 0 Å². The van der Waals surface area contributed by atoms with Crippen LogP contribution in [0, 0.1) is 0 Å². The van der Waals surface area contributed by atoms with Crippen LogP contribution in [0.3, 0.4) is 0 Å². The van der Waals surface area contributed by atoms with Crippen molar-refractivity contribution in [2.75, 3.05) is 40.4 Å². The Morgan fingerprint density at radius 2 is 2.29 bits per heavy atom. The molecule has 1 saturated heterocycles. The molecule has 80 valence electrons. The van der Waals surface area contributed by atoms with Gasteiger partial charge in [-0.2, -0.15) is 0 Å². The molecule has 0 aromatic carbocycles.